The summed E-state index contributed by atoms with van der Waals surface area (Å²) in [6.07, 6.45) is 0. The maximum absolute atomic E-state index is 12.1. The minimum absolute atomic E-state index is 0.212. The molecule has 0 aliphatic carbocycles. The van der Waals surface area contributed by atoms with Crippen LogP contribution in [0, 0.1) is 6.92 Å². The molecule has 0 spiro atoms. The molecule has 7 nitrogen and oxygen atoms in total. The first-order valence-electron chi connectivity index (χ1n) is 6.87. The highest BCUT2D eigenvalue weighted by Crippen LogP contribution is 2.21. The number of H-pyrrole nitrogens is 1. The van der Waals surface area contributed by atoms with Crippen LogP contribution in [0.25, 0.3) is 0 Å². The lowest BCUT2D eigenvalue weighted by Gasteiger charge is -2.01. The van der Waals surface area contributed by atoms with Crippen LogP contribution in [0.3, 0.4) is 0 Å². The van der Waals surface area contributed by atoms with E-state index in [1.165, 1.54) is 23.1 Å². The third-order valence-electron chi connectivity index (χ3n) is 2.86. The van der Waals surface area contributed by atoms with E-state index in [-0.39, 0.29) is 5.91 Å². The second kappa shape index (κ2) is 7.34. The summed E-state index contributed by atoms with van der Waals surface area (Å²) in [6, 6.07) is 9.73. The number of benzene rings is 1. The van der Waals surface area contributed by atoms with Crippen molar-refractivity contribution in [3.63, 3.8) is 0 Å². The Bertz CT molecular complexity index is 785. The molecule has 0 atom stereocenters. The third kappa shape index (κ3) is 4.36. The van der Waals surface area contributed by atoms with Crippen molar-refractivity contribution >= 4 is 29.0 Å². The molecule has 3 rings (SSSR count). The smallest absolute Gasteiger partial charge is 0.282 e. The maximum Gasteiger partial charge on any atom is 0.282 e. The standard InChI is InChI=1S/C14H14N6OS2/c1-9-16-14(20-17-9)22-8-11-18-19-13(23-11)12(21)15-7-10-5-3-2-4-6-10/h2-6H,7-8H2,1H3,(H,15,21)(H,16,17,20). The molecule has 0 unspecified atom stereocenters. The first-order valence-corrected chi connectivity index (χ1v) is 8.67. The van der Waals surface area contributed by atoms with Crippen LogP contribution in [0.4, 0.5) is 0 Å². The number of hydrogen-bond donors (Lipinski definition) is 2. The van der Waals surface area contributed by atoms with Crippen LogP contribution < -0.4 is 5.32 Å². The summed E-state index contributed by atoms with van der Waals surface area (Å²) in [7, 11) is 0. The van der Waals surface area contributed by atoms with Gasteiger partial charge in [-0.05, 0) is 12.5 Å². The van der Waals surface area contributed by atoms with Gasteiger partial charge < -0.3 is 5.32 Å². The topological polar surface area (TPSA) is 96.4 Å². The molecule has 0 bridgehead atoms. The zero-order valence-corrected chi connectivity index (χ0v) is 13.9. The number of nitrogens with one attached hydrogen (secondary N) is 2. The normalized spacial score (nSPS) is 10.7. The van der Waals surface area contributed by atoms with Gasteiger partial charge in [-0.25, -0.2) is 4.98 Å². The van der Waals surface area contributed by atoms with Gasteiger partial charge in [-0.2, -0.15) is 0 Å². The highest BCUT2D eigenvalue weighted by molar-refractivity contribution is 7.98. The van der Waals surface area contributed by atoms with E-state index in [9.17, 15) is 4.79 Å². The number of nitrogens with zero attached hydrogens (tertiary/aromatic N) is 4. The van der Waals surface area contributed by atoms with Gasteiger partial charge in [0, 0.05) is 6.54 Å². The van der Waals surface area contributed by atoms with Crippen molar-refractivity contribution in [3.8, 4) is 0 Å². The van der Waals surface area contributed by atoms with E-state index in [1.807, 2.05) is 37.3 Å². The number of carbonyl (C=O) groups excluding carboxylic acids is 1. The summed E-state index contributed by atoms with van der Waals surface area (Å²) >= 11 is 2.73. The van der Waals surface area contributed by atoms with Crippen LogP contribution in [-0.2, 0) is 12.3 Å². The van der Waals surface area contributed by atoms with Crippen molar-refractivity contribution in [3.05, 3.63) is 51.7 Å². The first-order chi connectivity index (χ1) is 11.2. The van der Waals surface area contributed by atoms with Gasteiger partial charge in [-0.1, -0.05) is 53.4 Å². The Morgan fingerprint density at radius 1 is 1.30 bits per heavy atom. The number of thioether (sulfide) groups is 1. The summed E-state index contributed by atoms with van der Waals surface area (Å²) < 4.78 is 0. The number of amides is 1. The van der Waals surface area contributed by atoms with Crippen LogP contribution in [-0.4, -0.2) is 31.3 Å². The molecule has 0 aliphatic rings. The SMILES string of the molecule is Cc1nc(SCc2nnc(C(=O)NCc3ccccc3)s2)n[nH]1. The molecule has 118 valence electrons. The van der Waals surface area contributed by atoms with E-state index in [0.717, 1.165) is 16.4 Å². The molecule has 0 fully saturated rings. The van der Waals surface area contributed by atoms with Crippen molar-refractivity contribution in [1.29, 1.82) is 0 Å². The maximum atomic E-state index is 12.1. The zero-order chi connectivity index (χ0) is 16.1. The molecule has 0 saturated carbocycles. The second-order valence-electron chi connectivity index (χ2n) is 4.66. The lowest BCUT2D eigenvalue weighted by Crippen LogP contribution is -2.22. The Balaban J connectivity index is 1.52. The van der Waals surface area contributed by atoms with Gasteiger partial charge in [0.15, 0.2) is 0 Å². The van der Waals surface area contributed by atoms with Crippen molar-refractivity contribution in [2.75, 3.05) is 0 Å². The predicted molar refractivity (Wildman–Crippen MR) is 88.2 cm³/mol. The molecule has 0 radical (unpaired) electrons. The highest BCUT2D eigenvalue weighted by Gasteiger charge is 2.13. The van der Waals surface area contributed by atoms with E-state index >= 15 is 0 Å². The van der Waals surface area contributed by atoms with E-state index in [0.29, 0.717) is 22.5 Å². The van der Waals surface area contributed by atoms with E-state index in [2.05, 4.69) is 30.7 Å². The second-order valence-corrected chi connectivity index (χ2v) is 6.67. The average molecular weight is 346 g/mol. The van der Waals surface area contributed by atoms with Gasteiger partial charge in [0.2, 0.25) is 10.2 Å². The lowest BCUT2D eigenvalue weighted by molar-refractivity contribution is 0.0950. The number of aromatic amines is 1. The van der Waals surface area contributed by atoms with E-state index < -0.39 is 0 Å². The summed E-state index contributed by atoms with van der Waals surface area (Å²) in [6.45, 7) is 2.32. The van der Waals surface area contributed by atoms with Gasteiger partial charge >= 0.3 is 0 Å². The summed E-state index contributed by atoms with van der Waals surface area (Å²) in [4.78, 5) is 16.3. The van der Waals surface area contributed by atoms with Crippen LogP contribution in [0.2, 0.25) is 0 Å². The van der Waals surface area contributed by atoms with Crippen LogP contribution in [0.15, 0.2) is 35.5 Å². The van der Waals surface area contributed by atoms with Crippen molar-refractivity contribution < 1.29 is 4.79 Å². The summed E-state index contributed by atoms with van der Waals surface area (Å²) in [5.74, 6) is 1.14. The molecule has 3 aromatic rings. The molecule has 9 heteroatoms. The molecule has 0 saturated heterocycles. The van der Waals surface area contributed by atoms with Gasteiger partial charge in [0.1, 0.15) is 10.8 Å². The molecule has 23 heavy (non-hydrogen) atoms. The zero-order valence-electron chi connectivity index (χ0n) is 12.3. The Labute approximate surface area is 141 Å². The Hall–Kier alpha value is -2.26. The quantitative estimate of drug-likeness (QED) is 0.664. The van der Waals surface area contributed by atoms with Crippen molar-refractivity contribution in [2.24, 2.45) is 0 Å². The molecule has 0 aliphatic heterocycles. The van der Waals surface area contributed by atoms with Crippen molar-refractivity contribution in [2.45, 2.75) is 24.4 Å². The minimum atomic E-state index is -0.212. The molecule has 1 amide bonds. The van der Waals surface area contributed by atoms with E-state index in [1.54, 1.807) is 0 Å². The summed E-state index contributed by atoms with van der Waals surface area (Å²) in [5, 5.41) is 19.4. The average Bonchev–Trinajstić information content (AvgIpc) is 3.20. The van der Waals surface area contributed by atoms with E-state index in [4.69, 9.17) is 0 Å². The Kier molecular flexibility index (Phi) is 4.99. The number of aryl methyl sites for hydroxylation is 1. The van der Waals surface area contributed by atoms with Crippen LogP contribution in [0.5, 0.6) is 0 Å². The largest absolute Gasteiger partial charge is 0.346 e. The van der Waals surface area contributed by atoms with Gasteiger partial charge in [0.05, 0.1) is 5.75 Å². The Morgan fingerprint density at radius 2 is 2.13 bits per heavy atom. The number of rotatable bonds is 6. The van der Waals surface area contributed by atoms with Crippen LogP contribution in [0.1, 0.15) is 26.2 Å². The molecule has 2 heterocycles. The highest BCUT2D eigenvalue weighted by atomic mass is 32.2. The van der Waals surface area contributed by atoms with Gasteiger partial charge in [-0.3, -0.25) is 9.89 Å². The number of hydrogen-bond acceptors (Lipinski definition) is 7. The van der Waals surface area contributed by atoms with Gasteiger partial charge in [0.25, 0.3) is 5.91 Å². The molecule has 2 aromatic heterocycles. The third-order valence-corrected chi connectivity index (χ3v) is 4.82. The van der Waals surface area contributed by atoms with Crippen molar-refractivity contribution in [1.82, 2.24) is 30.7 Å². The fraction of sp³-hybridized carbons (Fsp3) is 0.214. The first kappa shape index (κ1) is 15.6. The molecule has 1 aromatic carbocycles. The monoisotopic (exact) mass is 346 g/mol. The minimum Gasteiger partial charge on any atom is -0.346 e. The summed E-state index contributed by atoms with van der Waals surface area (Å²) in [5.41, 5.74) is 1.04. The number of aromatic nitrogens is 5. The lowest BCUT2D eigenvalue weighted by atomic mass is 10.2. The van der Waals surface area contributed by atoms with Gasteiger partial charge in [-0.15, -0.1) is 15.3 Å². The molecule has 2 N–H and O–H groups in total. The molecular weight excluding hydrogens is 332 g/mol. The fourth-order valence-electron chi connectivity index (χ4n) is 1.77. The Morgan fingerprint density at radius 3 is 2.87 bits per heavy atom. The molecular formula is C14H14N6OS2. The number of carbonyl (C=O) groups is 1. The predicted octanol–water partition coefficient (Wildman–Crippen LogP) is 2.19. The van der Waals surface area contributed by atoms with Crippen LogP contribution >= 0.6 is 23.1 Å². The fourth-order valence-corrected chi connectivity index (χ4v) is 3.36.